The van der Waals surface area contributed by atoms with Crippen LogP contribution in [0.1, 0.15) is 60.0 Å². The molecule has 0 aliphatic heterocycles. The molecule has 4 heterocycles. The first-order chi connectivity index (χ1) is 26.7. The van der Waals surface area contributed by atoms with Crippen LogP contribution in [0.5, 0.6) is 11.5 Å². The van der Waals surface area contributed by atoms with Gasteiger partial charge in [0, 0.05) is 48.0 Å². The third-order valence-electron chi connectivity index (χ3n) is 10.6. The number of hydrogen-bond acceptors (Lipinski definition) is 3. The summed E-state index contributed by atoms with van der Waals surface area (Å²) >= 11 is 0. The third-order valence-corrected chi connectivity index (χ3v) is 10.6. The van der Waals surface area contributed by atoms with Crippen molar-refractivity contribution in [2.24, 2.45) is 0 Å². The number of aromatic nitrogens is 5. The van der Waals surface area contributed by atoms with E-state index in [1.54, 1.807) is 23.7 Å². The molecule has 0 spiro atoms. The summed E-state index contributed by atoms with van der Waals surface area (Å²) < 4.78 is 30.1. The summed E-state index contributed by atoms with van der Waals surface area (Å²) in [6.07, 6.45) is 0.374. The minimum Gasteiger partial charge on any atom is -0.509 e. The molecule has 6 nitrogen and oxygen atoms in total. The Morgan fingerprint density at radius 2 is 1.38 bits per heavy atom. The van der Waals surface area contributed by atoms with E-state index in [0.717, 1.165) is 55.8 Å². The number of aryl methyl sites for hydroxylation is 8. The normalized spacial score (nSPS) is 12.5. The molecule has 9 rings (SSSR count). The van der Waals surface area contributed by atoms with Gasteiger partial charge in [0.15, 0.2) is 0 Å². The van der Waals surface area contributed by atoms with E-state index in [2.05, 4.69) is 123 Å². The fourth-order valence-corrected chi connectivity index (χ4v) is 8.53. The van der Waals surface area contributed by atoms with E-state index in [1.165, 1.54) is 44.1 Å². The smallest absolute Gasteiger partial charge is 0.509 e. The molecule has 276 valence electrons. The Balaban J connectivity index is 0.00000455. The van der Waals surface area contributed by atoms with E-state index in [9.17, 15) is 0 Å². The van der Waals surface area contributed by atoms with Crippen molar-refractivity contribution in [2.75, 3.05) is 0 Å². The molecule has 55 heavy (non-hydrogen) atoms. The number of fused-ring (bicyclic) bond motifs is 6. The van der Waals surface area contributed by atoms with Crippen LogP contribution in [0.15, 0.2) is 85.1 Å². The number of nitrogens with zero attached hydrogens (tertiary/aromatic N) is 5. The van der Waals surface area contributed by atoms with Gasteiger partial charge in [-0.15, -0.1) is 35.7 Å². The molecule has 0 unspecified atom stereocenters. The van der Waals surface area contributed by atoms with Crippen LogP contribution in [0, 0.1) is 67.5 Å². The minimum absolute atomic E-state index is 0. The number of hydrogen-bond donors (Lipinski definition) is 0. The van der Waals surface area contributed by atoms with E-state index < -0.39 is 6.37 Å². The summed E-state index contributed by atoms with van der Waals surface area (Å²) in [6.45, 7) is 18.6. The molecule has 0 amide bonds. The van der Waals surface area contributed by atoms with Crippen molar-refractivity contribution in [1.29, 1.82) is 0 Å². The van der Waals surface area contributed by atoms with Crippen molar-refractivity contribution < 1.29 is 28.5 Å². The summed E-state index contributed by atoms with van der Waals surface area (Å²) in [4.78, 5) is 5.16. The van der Waals surface area contributed by atoms with Gasteiger partial charge in [-0.25, -0.2) is 4.98 Å². The van der Waals surface area contributed by atoms with Crippen LogP contribution in [0.3, 0.4) is 0 Å². The van der Waals surface area contributed by atoms with Crippen molar-refractivity contribution >= 4 is 43.6 Å². The monoisotopic (exact) mass is 902 g/mol. The molecule has 7 heteroatoms. The van der Waals surface area contributed by atoms with Crippen molar-refractivity contribution in [3.63, 3.8) is 0 Å². The third kappa shape index (κ3) is 5.90. The van der Waals surface area contributed by atoms with Crippen LogP contribution in [0.25, 0.3) is 60.8 Å². The van der Waals surface area contributed by atoms with E-state index in [1.807, 2.05) is 32.2 Å². The average Bonchev–Trinajstić information content (AvgIpc) is 3.76. The van der Waals surface area contributed by atoms with Crippen LogP contribution in [0.2, 0.25) is 0 Å². The molecule has 0 aliphatic rings. The predicted octanol–water partition coefficient (Wildman–Crippen LogP) is 11.9. The Labute approximate surface area is 339 Å². The van der Waals surface area contributed by atoms with E-state index in [4.69, 9.17) is 12.5 Å². The molecule has 0 fully saturated rings. The van der Waals surface area contributed by atoms with E-state index in [-0.39, 0.29) is 21.1 Å². The van der Waals surface area contributed by atoms with Crippen LogP contribution in [0.4, 0.5) is 0 Å². The van der Waals surface area contributed by atoms with Crippen molar-refractivity contribution in [3.05, 3.63) is 148 Å². The molecule has 0 aliphatic carbocycles. The van der Waals surface area contributed by atoms with Crippen molar-refractivity contribution in [3.8, 4) is 28.7 Å². The largest absolute Gasteiger partial charge is 2.00 e. The number of rotatable bonds is 6. The standard InChI is InChI=1S/C48H43N5O.Pt/c1-10-35-22-36(53-33(8)21-32(7)50-53)24-38(23-35)54-37-15-16-40-39-13-11-12-14-43(39)51(44(40)25-37)48-34(9)45(31(6)26-49-48)52-46-29(4)17-27(2)19-41(46)42-20-28(3)18-30(5)47(42)52;/h11-23,26H,10H2,1-9H3;/q-2;+2/i10D2;. The second kappa shape index (κ2) is 13.7. The SMILES string of the molecule is [2H]C([2H])(C)c1cc(Oc2[c-]c3c(cc2)c2ccccc2n3-c2ncc(C)c(-n3c4c(C)cc(C)cc4c4cc(C)cc(C)c43)c2C)[c-]c(-n2nc(C)cc2C)c1.[Pt+2]. The molecule has 0 bridgehead atoms. The first kappa shape index (κ1) is 34.1. The molecule has 0 saturated carbocycles. The van der Waals surface area contributed by atoms with Crippen molar-refractivity contribution in [2.45, 2.75) is 68.7 Å². The molecule has 0 atom stereocenters. The first-order valence-corrected chi connectivity index (χ1v) is 18.4. The second-order valence-electron chi connectivity index (χ2n) is 14.8. The Morgan fingerprint density at radius 1 is 0.691 bits per heavy atom. The number of pyridine rings is 1. The van der Waals surface area contributed by atoms with Gasteiger partial charge in [0.2, 0.25) is 0 Å². The Hall–Kier alpha value is -5.45. The zero-order chi connectivity index (χ0) is 39.4. The van der Waals surface area contributed by atoms with Crippen LogP contribution in [-0.4, -0.2) is 23.9 Å². The van der Waals surface area contributed by atoms with Crippen LogP contribution in [-0.2, 0) is 27.4 Å². The number of para-hydroxylation sites is 1. The number of ether oxygens (including phenoxy) is 1. The van der Waals surface area contributed by atoms with Gasteiger partial charge in [-0.05, 0) is 107 Å². The molecule has 0 N–H and O–H groups in total. The van der Waals surface area contributed by atoms with Gasteiger partial charge in [-0.3, -0.25) is 4.68 Å². The fourth-order valence-electron chi connectivity index (χ4n) is 8.53. The zero-order valence-corrected chi connectivity index (χ0v) is 34.8. The Morgan fingerprint density at radius 3 is 2.04 bits per heavy atom. The van der Waals surface area contributed by atoms with Crippen LogP contribution < -0.4 is 4.74 Å². The quantitative estimate of drug-likeness (QED) is 0.156. The minimum atomic E-state index is -1.62. The Kier molecular flexibility index (Phi) is 8.48. The van der Waals surface area contributed by atoms with Gasteiger partial charge in [-0.2, -0.15) is 16.7 Å². The number of benzene rings is 5. The zero-order valence-electron chi connectivity index (χ0n) is 34.5. The molecule has 4 aromatic heterocycles. The molecule has 9 aromatic rings. The summed E-state index contributed by atoms with van der Waals surface area (Å²) in [5, 5.41) is 9.26. The first-order valence-electron chi connectivity index (χ1n) is 19.4. The molecule has 0 radical (unpaired) electrons. The van der Waals surface area contributed by atoms with Gasteiger partial charge < -0.3 is 13.9 Å². The molecular weight excluding hydrogens is 858 g/mol. The van der Waals surface area contributed by atoms with Gasteiger partial charge in [0.05, 0.1) is 22.4 Å². The Bertz CT molecular complexity index is 3030. The molecule has 0 saturated heterocycles. The maximum Gasteiger partial charge on any atom is 2.00 e. The fraction of sp³-hybridized carbons (Fsp3) is 0.208. The van der Waals surface area contributed by atoms with Gasteiger partial charge in [0.1, 0.15) is 5.82 Å². The topological polar surface area (TPSA) is 49.8 Å². The molecule has 5 aromatic carbocycles. The second-order valence-corrected chi connectivity index (χ2v) is 14.8. The maximum atomic E-state index is 8.54. The van der Waals surface area contributed by atoms with Gasteiger partial charge >= 0.3 is 21.1 Å². The summed E-state index contributed by atoms with van der Waals surface area (Å²) in [5.74, 6) is 1.67. The van der Waals surface area contributed by atoms with Crippen LogP contribution >= 0.6 is 0 Å². The summed E-state index contributed by atoms with van der Waals surface area (Å²) in [7, 11) is 0. The van der Waals surface area contributed by atoms with Crippen molar-refractivity contribution in [1.82, 2.24) is 23.9 Å². The maximum absolute atomic E-state index is 8.54. The molecular formula is C48H43N5OPt. The van der Waals surface area contributed by atoms with Gasteiger partial charge in [-0.1, -0.05) is 60.3 Å². The summed E-state index contributed by atoms with van der Waals surface area (Å²) in [5.41, 5.74) is 15.3. The van der Waals surface area contributed by atoms with Gasteiger partial charge in [0.25, 0.3) is 0 Å². The van der Waals surface area contributed by atoms with E-state index in [0.29, 0.717) is 22.7 Å². The predicted molar refractivity (Wildman–Crippen MR) is 221 cm³/mol. The van der Waals surface area contributed by atoms with E-state index >= 15 is 0 Å². The summed E-state index contributed by atoms with van der Waals surface area (Å²) in [6, 6.07) is 34.0. The average molecular weight is 903 g/mol.